The fourth-order valence-electron chi connectivity index (χ4n) is 1.59. The molecule has 0 aromatic heterocycles. The lowest BCUT2D eigenvalue weighted by atomic mass is 10.3. The number of amides is 1. The molecule has 0 unspecified atom stereocenters. The predicted octanol–water partition coefficient (Wildman–Crippen LogP) is 0.706. The van der Waals surface area contributed by atoms with Crippen LogP contribution in [0.4, 0.5) is 0 Å². The molecule has 1 aromatic rings. The van der Waals surface area contributed by atoms with Crippen molar-refractivity contribution in [3.8, 4) is 0 Å². The van der Waals surface area contributed by atoms with E-state index in [1.165, 1.54) is 0 Å². The molecule has 3 N–H and O–H groups in total. The van der Waals surface area contributed by atoms with Crippen LogP contribution in [0.25, 0.3) is 0 Å². The van der Waals surface area contributed by atoms with Gasteiger partial charge in [0.2, 0.25) is 5.91 Å². The third kappa shape index (κ3) is 5.85. The molecule has 0 heterocycles. The van der Waals surface area contributed by atoms with Crippen LogP contribution in [0.3, 0.4) is 0 Å². The SMILES string of the molecule is NCCCC(=O)NCCCS(=O)(=O)c1ccccc1. The van der Waals surface area contributed by atoms with Crippen LogP contribution in [0.5, 0.6) is 0 Å². The van der Waals surface area contributed by atoms with E-state index in [1.807, 2.05) is 0 Å². The van der Waals surface area contributed by atoms with E-state index in [0.717, 1.165) is 0 Å². The third-order valence-corrected chi connectivity index (χ3v) is 4.44. The number of nitrogens with two attached hydrogens (primary N) is 1. The fourth-order valence-corrected chi connectivity index (χ4v) is 2.92. The van der Waals surface area contributed by atoms with Gasteiger partial charge in [0.05, 0.1) is 10.6 Å². The predicted molar refractivity (Wildman–Crippen MR) is 74.4 cm³/mol. The van der Waals surface area contributed by atoms with Crippen LogP contribution in [0.1, 0.15) is 19.3 Å². The van der Waals surface area contributed by atoms with Crippen molar-refractivity contribution >= 4 is 15.7 Å². The summed E-state index contributed by atoms with van der Waals surface area (Å²) >= 11 is 0. The summed E-state index contributed by atoms with van der Waals surface area (Å²) in [4.78, 5) is 11.6. The number of hydrogen-bond donors (Lipinski definition) is 2. The van der Waals surface area contributed by atoms with Crippen molar-refractivity contribution in [2.24, 2.45) is 5.73 Å². The van der Waals surface area contributed by atoms with Crippen molar-refractivity contribution in [3.05, 3.63) is 30.3 Å². The number of sulfone groups is 1. The summed E-state index contributed by atoms with van der Waals surface area (Å²) in [5.74, 6) is -0.0451. The van der Waals surface area contributed by atoms with E-state index in [-0.39, 0.29) is 11.7 Å². The lowest BCUT2D eigenvalue weighted by Gasteiger charge is -2.06. The number of benzene rings is 1. The fraction of sp³-hybridized carbons (Fsp3) is 0.462. The first-order chi connectivity index (χ1) is 9.06. The molecule has 1 aromatic carbocycles. The summed E-state index contributed by atoms with van der Waals surface area (Å²) in [5, 5.41) is 2.68. The Balaban J connectivity index is 2.31. The molecule has 0 saturated carbocycles. The second kappa shape index (κ2) is 7.91. The second-order valence-electron chi connectivity index (χ2n) is 4.23. The molecule has 19 heavy (non-hydrogen) atoms. The maximum absolute atomic E-state index is 11.9. The molecule has 0 bridgehead atoms. The van der Waals surface area contributed by atoms with Gasteiger partial charge < -0.3 is 11.1 Å². The summed E-state index contributed by atoms with van der Waals surface area (Å²) in [6.45, 7) is 0.852. The highest BCUT2D eigenvalue weighted by atomic mass is 32.2. The lowest BCUT2D eigenvalue weighted by Crippen LogP contribution is -2.26. The largest absolute Gasteiger partial charge is 0.356 e. The van der Waals surface area contributed by atoms with Crippen LogP contribution < -0.4 is 11.1 Å². The van der Waals surface area contributed by atoms with E-state index in [9.17, 15) is 13.2 Å². The number of carbonyl (C=O) groups excluding carboxylic acids is 1. The number of carbonyl (C=O) groups is 1. The van der Waals surface area contributed by atoms with Crippen LogP contribution in [-0.2, 0) is 14.6 Å². The summed E-state index contributed by atoms with van der Waals surface area (Å²) in [5.41, 5.74) is 5.29. The standard InChI is InChI=1S/C13H20N2O3S/c14-9-4-8-13(16)15-10-5-11-19(17,18)12-6-2-1-3-7-12/h1-3,6-7H,4-5,8-11,14H2,(H,15,16). The monoisotopic (exact) mass is 284 g/mol. The molecule has 0 radical (unpaired) electrons. The number of nitrogens with one attached hydrogen (secondary N) is 1. The van der Waals surface area contributed by atoms with Gasteiger partial charge in [0.15, 0.2) is 9.84 Å². The molecule has 0 atom stereocenters. The minimum atomic E-state index is -3.25. The Kier molecular flexibility index (Phi) is 6.52. The minimum Gasteiger partial charge on any atom is -0.356 e. The van der Waals surface area contributed by atoms with Crippen molar-refractivity contribution in [2.75, 3.05) is 18.8 Å². The molecule has 0 aliphatic carbocycles. The molecular weight excluding hydrogens is 264 g/mol. The average molecular weight is 284 g/mol. The topological polar surface area (TPSA) is 89.3 Å². The van der Waals surface area contributed by atoms with Gasteiger partial charge in [-0.25, -0.2) is 8.42 Å². The molecule has 0 aliphatic heterocycles. The Morgan fingerprint density at radius 3 is 2.47 bits per heavy atom. The zero-order valence-electron chi connectivity index (χ0n) is 10.8. The third-order valence-electron chi connectivity index (χ3n) is 2.62. The van der Waals surface area contributed by atoms with E-state index in [1.54, 1.807) is 30.3 Å². The normalized spacial score (nSPS) is 11.2. The maximum Gasteiger partial charge on any atom is 0.220 e. The van der Waals surface area contributed by atoms with E-state index in [4.69, 9.17) is 5.73 Å². The lowest BCUT2D eigenvalue weighted by molar-refractivity contribution is -0.121. The van der Waals surface area contributed by atoms with Gasteiger partial charge in [0, 0.05) is 13.0 Å². The van der Waals surface area contributed by atoms with Crippen molar-refractivity contribution < 1.29 is 13.2 Å². The molecule has 0 fully saturated rings. The molecule has 5 nitrogen and oxygen atoms in total. The highest BCUT2D eigenvalue weighted by Crippen LogP contribution is 2.10. The first-order valence-corrected chi connectivity index (χ1v) is 7.96. The highest BCUT2D eigenvalue weighted by Gasteiger charge is 2.13. The molecule has 1 rings (SSSR count). The molecule has 0 spiro atoms. The molecule has 1 amide bonds. The van der Waals surface area contributed by atoms with Crippen LogP contribution in [0, 0.1) is 0 Å². The number of rotatable bonds is 8. The van der Waals surface area contributed by atoms with Crippen LogP contribution in [-0.4, -0.2) is 33.2 Å². The summed E-state index contributed by atoms with van der Waals surface area (Å²) in [7, 11) is -3.25. The van der Waals surface area contributed by atoms with E-state index in [2.05, 4.69) is 5.32 Å². The van der Waals surface area contributed by atoms with Gasteiger partial charge in [0.25, 0.3) is 0 Å². The Morgan fingerprint density at radius 2 is 1.84 bits per heavy atom. The summed E-state index contributed by atoms with van der Waals surface area (Å²) in [6, 6.07) is 8.32. The van der Waals surface area contributed by atoms with Gasteiger partial charge in [-0.3, -0.25) is 4.79 Å². The smallest absolute Gasteiger partial charge is 0.220 e. The van der Waals surface area contributed by atoms with Crippen molar-refractivity contribution in [1.82, 2.24) is 5.32 Å². The Labute approximate surface area is 114 Å². The van der Waals surface area contributed by atoms with Crippen molar-refractivity contribution in [2.45, 2.75) is 24.2 Å². The number of hydrogen-bond acceptors (Lipinski definition) is 4. The Hall–Kier alpha value is -1.40. The highest BCUT2D eigenvalue weighted by molar-refractivity contribution is 7.91. The summed E-state index contributed by atoms with van der Waals surface area (Å²) < 4.78 is 23.8. The van der Waals surface area contributed by atoms with E-state index in [0.29, 0.717) is 37.2 Å². The van der Waals surface area contributed by atoms with Gasteiger partial charge in [-0.15, -0.1) is 0 Å². The van der Waals surface area contributed by atoms with Crippen molar-refractivity contribution in [3.63, 3.8) is 0 Å². The van der Waals surface area contributed by atoms with Gasteiger partial charge >= 0.3 is 0 Å². The average Bonchev–Trinajstić information content (AvgIpc) is 2.42. The zero-order valence-corrected chi connectivity index (χ0v) is 11.7. The second-order valence-corrected chi connectivity index (χ2v) is 6.34. The molecule has 106 valence electrons. The summed E-state index contributed by atoms with van der Waals surface area (Å²) in [6.07, 6.45) is 1.45. The van der Waals surface area contributed by atoms with Crippen molar-refractivity contribution in [1.29, 1.82) is 0 Å². The Morgan fingerprint density at radius 1 is 1.16 bits per heavy atom. The van der Waals surface area contributed by atoms with Gasteiger partial charge in [-0.05, 0) is 31.5 Å². The molecule has 6 heteroatoms. The molecule has 0 saturated heterocycles. The van der Waals surface area contributed by atoms with Gasteiger partial charge in [-0.1, -0.05) is 18.2 Å². The first kappa shape index (κ1) is 15.7. The van der Waals surface area contributed by atoms with E-state index >= 15 is 0 Å². The van der Waals surface area contributed by atoms with Gasteiger partial charge in [-0.2, -0.15) is 0 Å². The maximum atomic E-state index is 11.9. The van der Waals surface area contributed by atoms with Crippen LogP contribution >= 0.6 is 0 Å². The molecular formula is C13H20N2O3S. The van der Waals surface area contributed by atoms with Crippen LogP contribution in [0.2, 0.25) is 0 Å². The quantitative estimate of drug-likeness (QED) is 0.688. The minimum absolute atomic E-state index is 0.0359. The van der Waals surface area contributed by atoms with Gasteiger partial charge in [0.1, 0.15) is 0 Å². The zero-order chi connectivity index (χ0) is 14.1. The molecule has 0 aliphatic rings. The van der Waals surface area contributed by atoms with Crippen LogP contribution in [0.15, 0.2) is 35.2 Å². The Bertz CT molecular complexity index is 486. The van der Waals surface area contributed by atoms with E-state index < -0.39 is 9.84 Å². The first-order valence-electron chi connectivity index (χ1n) is 6.31.